The summed E-state index contributed by atoms with van der Waals surface area (Å²) in [5.41, 5.74) is 7.28. The first-order valence-corrected chi connectivity index (χ1v) is 5.87. The van der Waals surface area contributed by atoms with Gasteiger partial charge in [0.25, 0.3) is 0 Å². The molecule has 3 heteroatoms. The molecule has 0 spiro atoms. The molecule has 82 valence electrons. The number of likely N-dealkylation sites (tertiary alicyclic amines) is 1. The summed E-state index contributed by atoms with van der Waals surface area (Å²) in [5, 5.41) is 0.768. The van der Waals surface area contributed by atoms with E-state index in [1.54, 1.807) is 0 Å². The van der Waals surface area contributed by atoms with Gasteiger partial charge in [-0.2, -0.15) is 0 Å². The predicted molar refractivity (Wildman–Crippen MR) is 64.1 cm³/mol. The number of hydrogen-bond donors (Lipinski definition) is 1. The fraction of sp³-hybridized carbons (Fsp3) is 0.500. The Hall–Kier alpha value is -0.570. The van der Waals surface area contributed by atoms with Crippen LogP contribution in [0.15, 0.2) is 24.3 Å². The first-order chi connectivity index (χ1) is 7.25. The summed E-state index contributed by atoms with van der Waals surface area (Å²) in [5.74, 6) is 0. The monoisotopic (exact) mass is 224 g/mol. The van der Waals surface area contributed by atoms with Crippen molar-refractivity contribution in [1.82, 2.24) is 4.90 Å². The Labute approximate surface area is 96.0 Å². The Balaban J connectivity index is 1.97. The Bertz CT molecular complexity index is 321. The van der Waals surface area contributed by atoms with Crippen LogP contribution in [0.5, 0.6) is 0 Å². The molecule has 1 aromatic rings. The first-order valence-electron chi connectivity index (χ1n) is 5.49. The summed E-state index contributed by atoms with van der Waals surface area (Å²) in [4.78, 5) is 2.42. The van der Waals surface area contributed by atoms with Gasteiger partial charge in [0, 0.05) is 17.6 Å². The van der Waals surface area contributed by atoms with E-state index in [9.17, 15) is 0 Å². The van der Waals surface area contributed by atoms with Gasteiger partial charge in [-0.1, -0.05) is 23.7 Å². The molecule has 1 saturated heterocycles. The highest BCUT2D eigenvalue weighted by Gasteiger charge is 2.15. The van der Waals surface area contributed by atoms with E-state index in [4.69, 9.17) is 17.3 Å². The molecule has 0 saturated carbocycles. The maximum atomic E-state index is 6.14. The highest BCUT2D eigenvalue weighted by molar-refractivity contribution is 6.30. The largest absolute Gasteiger partial charge is 0.323 e. The van der Waals surface area contributed by atoms with E-state index in [-0.39, 0.29) is 6.04 Å². The van der Waals surface area contributed by atoms with Gasteiger partial charge in [-0.15, -0.1) is 0 Å². The minimum absolute atomic E-state index is 0.0850. The maximum absolute atomic E-state index is 6.14. The van der Waals surface area contributed by atoms with E-state index in [2.05, 4.69) is 4.90 Å². The number of halogens is 1. The van der Waals surface area contributed by atoms with Gasteiger partial charge in [-0.05, 0) is 43.6 Å². The molecule has 1 aromatic carbocycles. The minimum Gasteiger partial charge on any atom is -0.323 e. The van der Waals surface area contributed by atoms with Crippen LogP contribution >= 0.6 is 11.6 Å². The molecule has 1 aliphatic heterocycles. The summed E-state index contributed by atoms with van der Waals surface area (Å²) >= 11 is 5.94. The van der Waals surface area contributed by atoms with Crippen LogP contribution in [-0.2, 0) is 0 Å². The first kappa shape index (κ1) is 10.9. The molecule has 1 fully saturated rings. The van der Waals surface area contributed by atoms with Crippen LogP contribution in [0.3, 0.4) is 0 Å². The van der Waals surface area contributed by atoms with Crippen molar-refractivity contribution in [3.63, 3.8) is 0 Å². The number of rotatable bonds is 3. The molecule has 0 unspecified atom stereocenters. The van der Waals surface area contributed by atoms with Crippen molar-refractivity contribution < 1.29 is 0 Å². The van der Waals surface area contributed by atoms with Gasteiger partial charge in [0.15, 0.2) is 0 Å². The smallest absolute Gasteiger partial charge is 0.0424 e. The van der Waals surface area contributed by atoms with Crippen LogP contribution in [0.1, 0.15) is 24.4 Å². The Morgan fingerprint density at radius 2 is 2.07 bits per heavy atom. The normalized spacial score (nSPS) is 19.3. The Morgan fingerprint density at radius 1 is 1.33 bits per heavy atom. The zero-order valence-electron chi connectivity index (χ0n) is 8.82. The summed E-state index contributed by atoms with van der Waals surface area (Å²) in [6.45, 7) is 3.32. The van der Waals surface area contributed by atoms with Crippen LogP contribution in [0.2, 0.25) is 5.02 Å². The fourth-order valence-electron chi connectivity index (χ4n) is 2.09. The Kier molecular flexibility index (Phi) is 3.62. The van der Waals surface area contributed by atoms with Crippen molar-refractivity contribution in [1.29, 1.82) is 0 Å². The lowest BCUT2D eigenvalue weighted by atomic mass is 10.1. The second-order valence-corrected chi connectivity index (χ2v) is 4.61. The van der Waals surface area contributed by atoms with Crippen LogP contribution in [-0.4, -0.2) is 24.5 Å². The van der Waals surface area contributed by atoms with Crippen molar-refractivity contribution >= 4 is 11.6 Å². The molecule has 2 N–H and O–H groups in total. The fourth-order valence-corrected chi connectivity index (χ4v) is 2.28. The Morgan fingerprint density at radius 3 is 2.73 bits per heavy atom. The lowest BCUT2D eigenvalue weighted by Crippen LogP contribution is -2.29. The quantitative estimate of drug-likeness (QED) is 0.855. The molecule has 0 bridgehead atoms. The van der Waals surface area contributed by atoms with E-state index in [1.165, 1.54) is 25.9 Å². The zero-order valence-corrected chi connectivity index (χ0v) is 9.58. The average Bonchev–Trinajstić information content (AvgIpc) is 2.70. The third kappa shape index (κ3) is 2.94. The molecule has 0 radical (unpaired) electrons. The van der Waals surface area contributed by atoms with Crippen molar-refractivity contribution in [2.24, 2.45) is 5.73 Å². The summed E-state index contributed by atoms with van der Waals surface area (Å²) in [6.07, 6.45) is 2.62. The van der Waals surface area contributed by atoms with E-state index in [0.717, 1.165) is 17.1 Å². The van der Waals surface area contributed by atoms with Gasteiger partial charge in [0.2, 0.25) is 0 Å². The van der Waals surface area contributed by atoms with Gasteiger partial charge in [0.05, 0.1) is 0 Å². The molecule has 0 amide bonds. The number of hydrogen-bond acceptors (Lipinski definition) is 2. The highest BCUT2D eigenvalue weighted by Crippen LogP contribution is 2.18. The van der Waals surface area contributed by atoms with E-state index in [1.807, 2.05) is 24.3 Å². The summed E-state index contributed by atoms with van der Waals surface area (Å²) in [7, 11) is 0. The summed E-state index contributed by atoms with van der Waals surface area (Å²) < 4.78 is 0. The zero-order chi connectivity index (χ0) is 10.7. The molecule has 1 atom stereocenters. The topological polar surface area (TPSA) is 29.3 Å². The van der Waals surface area contributed by atoms with Crippen molar-refractivity contribution in [2.75, 3.05) is 19.6 Å². The molecule has 1 heterocycles. The minimum atomic E-state index is 0.0850. The molecular weight excluding hydrogens is 208 g/mol. The number of nitrogens with zero attached hydrogens (tertiary/aromatic N) is 1. The van der Waals surface area contributed by atoms with Gasteiger partial charge < -0.3 is 10.6 Å². The SMILES string of the molecule is N[C@@H](CN1CCCC1)c1cccc(Cl)c1. The van der Waals surface area contributed by atoms with E-state index < -0.39 is 0 Å². The third-order valence-corrected chi connectivity index (χ3v) is 3.17. The van der Waals surface area contributed by atoms with Crippen molar-refractivity contribution in [3.05, 3.63) is 34.9 Å². The van der Waals surface area contributed by atoms with Crippen LogP contribution in [0.25, 0.3) is 0 Å². The average molecular weight is 225 g/mol. The molecule has 0 aromatic heterocycles. The standard InChI is InChI=1S/C12H17ClN2/c13-11-5-3-4-10(8-11)12(14)9-15-6-1-2-7-15/h3-5,8,12H,1-2,6-7,9,14H2/t12-/m0/s1. The predicted octanol–water partition coefficient (Wildman–Crippen LogP) is 2.44. The van der Waals surface area contributed by atoms with Crippen LogP contribution in [0, 0.1) is 0 Å². The second-order valence-electron chi connectivity index (χ2n) is 4.17. The lowest BCUT2D eigenvalue weighted by Gasteiger charge is -2.20. The van der Waals surface area contributed by atoms with Crippen molar-refractivity contribution in [2.45, 2.75) is 18.9 Å². The molecule has 15 heavy (non-hydrogen) atoms. The van der Waals surface area contributed by atoms with Gasteiger partial charge >= 0.3 is 0 Å². The van der Waals surface area contributed by atoms with Gasteiger partial charge in [0.1, 0.15) is 0 Å². The lowest BCUT2D eigenvalue weighted by molar-refractivity contribution is 0.316. The third-order valence-electron chi connectivity index (χ3n) is 2.93. The van der Waals surface area contributed by atoms with E-state index in [0.29, 0.717) is 0 Å². The maximum Gasteiger partial charge on any atom is 0.0424 e. The number of nitrogens with two attached hydrogens (primary N) is 1. The van der Waals surface area contributed by atoms with Gasteiger partial charge in [-0.3, -0.25) is 0 Å². The molecule has 0 aliphatic carbocycles. The van der Waals surface area contributed by atoms with Crippen LogP contribution in [0.4, 0.5) is 0 Å². The number of benzene rings is 1. The molecule has 1 aliphatic rings. The van der Waals surface area contributed by atoms with Crippen molar-refractivity contribution in [3.8, 4) is 0 Å². The second kappa shape index (κ2) is 4.97. The highest BCUT2D eigenvalue weighted by atomic mass is 35.5. The van der Waals surface area contributed by atoms with Crippen LogP contribution < -0.4 is 5.73 Å². The molecular formula is C12H17ClN2. The van der Waals surface area contributed by atoms with Gasteiger partial charge in [-0.25, -0.2) is 0 Å². The molecule has 2 rings (SSSR count). The molecule has 2 nitrogen and oxygen atoms in total. The summed E-state index contributed by atoms with van der Waals surface area (Å²) in [6, 6.07) is 7.94. The van der Waals surface area contributed by atoms with E-state index >= 15 is 0 Å².